The van der Waals surface area contributed by atoms with Crippen LogP contribution in [0.5, 0.6) is 11.5 Å². The van der Waals surface area contributed by atoms with E-state index in [-0.39, 0.29) is 36.2 Å². The van der Waals surface area contributed by atoms with Gasteiger partial charge in [0.05, 0.1) is 12.0 Å². The number of amides is 3. The lowest BCUT2D eigenvalue weighted by Gasteiger charge is -2.40. The molecule has 0 radical (unpaired) electrons. The molecule has 1 spiro atoms. The zero-order valence-electron chi connectivity index (χ0n) is 26.7. The Hall–Kier alpha value is -4.47. The second-order valence-electron chi connectivity index (χ2n) is 12.9. The fourth-order valence-corrected chi connectivity index (χ4v) is 6.83. The number of ether oxygens (including phenoxy) is 2. The van der Waals surface area contributed by atoms with Gasteiger partial charge >= 0.3 is 0 Å². The lowest BCUT2D eigenvalue weighted by atomic mass is 9.75. The molecule has 2 saturated heterocycles. The Bertz CT molecular complexity index is 1520. The van der Waals surface area contributed by atoms with Crippen molar-refractivity contribution in [1.82, 2.24) is 15.5 Å². The fraction of sp³-hybridized carbons (Fsp3) is 0.395. The van der Waals surface area contributed by atoms with E-state index in [2.05, 4.69) is 33.0 Å². The molecular weight excluding hydrogens is 592 g/mol. The Labute approximate surface area is 276 Å². The number of anilines is 1. The first-order valence-electron chi connectivity index (χ1n) is 16.7. The van der Waals surface area contributed by atoms with Crippen LogP contribution in [0.15, 0.2) is 97.1 Å². The first kappa shape index (κ1) is 32.5. The minimum Gasteiger partial charge on any atom is -0.457 e. The van der Waals surface area contributed by atoms with Crippen molar-refractivity contribution < 1.29 is 23.9 Å². The maximum atomic E-state index is 13.8. The quantitative estimate of drug-likeness (QED) is 0.312. The molecule has 3 aliphatic heterocycles. The van der Waals surface area contributed by atoms with Crippen LogP contribution in [0.2, 0.25) is 0 Å². The van der Waals surface area contributed by atoms with Crippen LogP contribution in [-0.4, -0.2) is 67.6 Å². The standard InChI is InChI=1S/C38H44N4O5/c43-35(39-30-14-16-32(17-15-30)47-31-12-5-2-6-13-31)27-42-22-18-33-29(26-42)11-7-8-19-38(20-23-46-24-21-38)37(45)41-34(36(44)40-33)25-28-9-3-1-4-10-28/h1-10,12-17,29,33-34H,11,18-27H2,(H,39,43)(H,40,44)(H,41,45)/b8-7+/t29-,33+,34+/m0/s1. The number of allylic oxidation sites excluding steroid dienone is 2. The summed E-state index contributed by atoms with van der Waals surface area (Å²) in [4.78, 5) is 42.9. The summed E-state index contributed by atoms with van der Waals surface area (Å²) in [5, 5.41) is 9.47. The van der Waals surface area contributed by atoms with Crippen LogP contribution in [0.25, 0.3) is 0 Å². The highest BCUT2D eigenvalue weighted by molar-refractivity contribution is 5.92. The van der Waals surface area contributed by atoms with Gasteiger partial charge < -0.3 is 25.4 Å². The summed E-state index contributed by atoms with van der Waals surface area (Å²) in [5.74, 6) is 1.27. The number of carbonyl (C=O) groups excluding carboxylic acids is 3. The molecule has 0 bridgehead atoms. The maximum Gasteiger partial charge on any atom is 0.243 e. The van der Waals surface area contributed by atoms with E-state index in [1.807, 2.05) is 84.9 Å². The molecule has 0 unspecified atom stereocenters. The van der Waals surface area contributed by atoms with Gasteiger partial charge in [0.15, 0.2) is 0 Å². The number of fused-ring (bicyclic) bond motifs is 1. The molecule has 3 aromatic rings. The van der Waals surface area contributed by atoms with Crippen LogP contribution in [-0.2, 0) is 25.5 Å². The Kier molecular flexibility index (Phi) is 10.6. The molecule has 0 aromatic heterocycles. The third kappa shape index (κ3) is 8.67. The number of piperidine rings is 1. The topological polar surface area (TPSA) is 109 Å². The van der Waals surface area contributed by atoms with E-state index < -0.39 is 11.5 Å². The molecule has 0 aliphatic carbocycles. The highest BCUT2D eigenvalue weighted by Gasteiger charge is 2.41. The Morgan fingerprint density at radius 3 is 2.34 bits per heavy atom. The van der Waals surface area contributed by atoms with Crippen LogP contribution in [0.3, 0.4) is 0 Å². The number of nitrogens with zero attached hydrogens (tertiary/aromatic N) is 1. The van der Waals surface area contributed by atoms with Gasteiger partial charge in [-0.15, -0.1) is 0 Å². The summed E-state index contributed by atoms with van der Waals surface area (Å²) >= 11 is 0. The number of hydrogen-bond donors (Lipinski definition) is 3. The molecule has 9 nitrogen and oxygen atoms in total. The van der Waals surface area contributed by atoms with Crippen molar-refractivity contribution in [3.8, 4) is 11.5 Å². The van der Waals surface area contributed by atoms with Gasteiger partial charge in [-0.3, -0.25) is 19.3 Å². The molecular formula is C38H44N4O5. The average molecular weight is 637 g/mol. The zero-order chi connectivity index (χ0) is 32.5. The number of benzene rings is 3. The largest absolute Gasteiger partial charge is 0.457 e. The molecule has 3 N–H and O–H groups in total. The number of rotatable bonds is 7. The number of para-hydroxylation sites is 1. The van der Waals surface area contributed by atoms with Gasteiger partial charge in [0.1, 0.15) is 17.5 Å². The zero-order valence-corrected chi connectivity index (χ0v) is 26.7. The third-order valence-corrected chi connectivity index (χ3v) is 9.58. The molecule has 3 atom stereocenters. The second kappa shape index (κ2) is 15.4. The Balaban J connectivity index is 1.11. The van der Waals surface area contributed by atoms with E-state index in [4.69, 9.17) is 9.47 Å². The van der Waals surface area contributed by atoms with Crippen LogP contribution >= 0.6 is 0 Å². The normalized spacial score (nSPS) is 24.0. The number of carbonyl (C=O) groups is 3. The van der Waals surface area contributed by atoms with Gasteiger partial charge in [0.25, 0.3) is 0 Å². The third-order valence-electron chi connectivity index (χ3n) is 9.58. The van der Waals surface area contributed by atoms with Gasteiger partial charge in [0.2, 0.25) is 17.7 Å². The number of hydrogen-bond acceptors (Lipinski definition) is 6. The van der Waals surface area contributed by atoms with Gasteiger partial charge in [0, 0.05) is 44.5 Å². The summed E-state index contributed by atoms with van der Waals surface area (Å²) in [6.45, 7) is 2.69. The molecule has 3 aromatic carbocycles. The van der Waals surface area contributed by atoms with Crippen molar-refractivity contribution in [3.63, 3.8) is 0 Å². The minimum atomic E-state index is -0.679. The molecule has 9 heteroatoms. The van der Waals surface area contributed by atoms with E-state index >= 15 is 0 Å². The highest BCUT2D eigenvalue weighted by Crippen LogP contribution is 2.36. The van der Waals surface area contributed by atoms with Gasteiger partial charge in [-0.1, -0.05) is 60.7 Å². The monoisotopic (exact) mass is 636 g/mol. The molecule has 3 heterocycles. The summed E-state index contributed by atoms with van der Waals surface area (Å²) < 4.78 is 11.5. The summed E-state index contributed by atoms with van der Waals surface area (Å²) in [6, 6.07) is 26.0. The van der Waals surface area contributed by atoms with Crippen LogP contribution in [0.1, 0.15) is 37.7 Å². The lowest BCUT2D eigenvalue weighted by molar-refractivity contribution is -0.140. The maximum absolute atomic E-state index is 13.8. The number of nitrogens with one attached hydrogen (secondary N) is 3. The predicted octanol–water partition coefficient (Wildman–Crippen LogP) is 5.10. The van der Waals surface area contributed by atoms with Crippen LogP contribution in [0.4, 0.5) is 5.69 Å². The van der Waals surface area contributed by atoms with E-state index in [0.717, 1.165) is 24.2 Å². The van der Waals surface area contributed by atoms with Gasteiger partial charge in [-0.2, -0.15) is 0 Å². The first-order valence-corrected chi connectivity index (χ1v) is 16.7. The number of likely N-dealkylation sites (tertiary alicyclic amines) is 1. The van der Waals surface area contributed by atoms with Crippen molar-refractivity contribution in [1.29, 1.82) is 0 Å². The fourth-order valence-electron chi connectivity index (χ4n) is 6.83. The molecule has 0 saturated carbocycles. The minimum absolute atomic E-state index is 0.0599. The average Bonchev–Trinajstić information content (AvgIpc) is 3.09. The van der Waals surface area contributed by atoms with E-state index in [9.17, 15) is 14.4 Å². The van der Waals surface area contributed by atoms with Crippen molar-refractivity contribution >= 4 is 23.4 Å². The molecule has 6 rings (SSSR count). The highest BCUT2D eigenvalue weighted by atomic mass is 16.5. The Morgan fingerprint density at radius 2 is 1.60 bits per heavy atom. The van der Waals surface area contributed by atoms with E-state index in [1.165, 1.54) is 0 Å². The predicted molar refractivity (Wildman–Crippen MR) is 181 cm³/mol. The van der Waals surface area contributed by atoms with Crippen molar-refractivity contribution in [2.45, 2.75) is 50.6 Å². The second-order valence-corrected chi connectivity index (χ2v) is 12.9. The lowest BCUT2D eigenvalue weighted by Crippen LogP contribution is -2.58. The van der Waals surface area contributed by atoms with Crippen molar-refractivity contribution in [3.05, 3.63) is 103 Å². The molecule has 3 aliphatic rings. The molecule has 47 heavy (non-hydrogen) atoms. The smallest absolute Gasteiger partial charge is 0.243 e. The van der Waals surface area contributed by atoms with Gasteiger partial charge in [-0.05, 0) is 80.0 Å². The van der Waals surface area contributed by atoms with Gasteiger partial charge in [-0.25, -0.2) is 0 Å². The van der Waals surface area contributed by atoms with Crippen molar-refractivity contribution in [2.75, 3.05) is 38.2 Å². The Morgan fingerprint density at radius 1 is 0.894 bits per heavy atom. The first-order chi connectivity index (χ1) is 23.0. The van der Waals surface area contributed by atoms with Crippen molar-refractivity contribution in [2.24, 2.45) is 11.3 Å². The molecule has 2 fully saturated rings. The summed E-state index contributed by atoms with van der Waals surface area (Å²) in [6.07, 6.45) is 8.04. The van der Waals surface area contributed by atoms with Crippen LogP contribution < -0.4 is 20.7 Å². The molecule has 3 amide bonds. The summed E-state index contributed by atoms with van der Waals surface area (Å²) in [7, 11) is 0. The van der Waals surface area contributed by atoms with E-state index in [0.29, 0.717) is 63.4 Å². The van der Waals surface area contributed by atoms with E-state index in [1.54, 1.807) is 0 Å². The van der Waals surface area contributed by atoms with Crippen LogP contribution in [0, 0.1) is 11.3 Å². The SMILES string of the molecule is O=C(CN1CC[C@H]2NC(=O)[C@@H](Cc3ccccc3)NC(=O)C3(C/C=C/C[C@H]2C1)CCOCC3)Nc1ccc(Oc2ccccc2)cc1. The molecule has 246 valence electrons. The summed E-state index contributed by atoms with van der Waals surface area (Å²) in [5.41, 5.74) is 1.11.